The van der Waals surface area contributed by atoms with Crippen LogP contribution < -0.4 is 10.6 Å². The molecule has 0 aliphatic carbocycles. The Hall–Kier alpha value is -0.450. The second kappa shape index (κ2) is 5.75. The van der Waals surface area contributed by atoms with Crippen LogP contribution in [0.1, 0.15) is 44.5 Å². The summed E-state index contributed by atoms with van der Waals surface area (Å²) in [4.78, 5) is 5.72. The van der Waals surface area contributed by atoms with E-state index in [0.29, 0.717) is 6.04 Å². The third-order valence-electron chi connectivity index (χ3n) is 2.06. The molecular weight excluding hydrogens is 218 g/mol. The molecule has 1 rings (SSSR count). The Balaban J connectivity index is 2.39. The molecule has 1 aromatic heterocycles. The van der Waals surface area contributed by atoms with Gasteiger partial charge in [-0.1, -0.05) is 13.8 Å². The van der Waals surface area contributed by atoms with Gasteiger partial charge in [0.15, 0.2) is 0 Å². The van der Waals surface area contributed by atoms with Gasteiger partial charge in [0.1, 0.15) is 5.01 Å². The van der Waals surface area contributed by atoms with Crippen LogP contribution in [0.25, 0.3) is 0 Å². The van der Waals surface area contributed by atoms with Crippen LogP contribution in [0.4, 0.5) is 0 Å². The standard InChI is InChI=1S/C12H23N3S/c1-9(2)13-6-10-7-14-11(16-10)8-15-12(3,4)5/h7,9,13,15H,6,8H2,1-5H3. The van der Waals surface area contributed by atoms with Gasteiger partial charge in [-0.15, -0.1) is 11.3 Å². The summed E-state index contributed by atoms with van der Waals surface area (Å²) >= 11 is 1.78. The first-order valence-electron chi connectivity index (χ1n) is 5.79. The molecule has 0 aliphatic rings. The largest absolute Gasteiger partial charge is 0.310 e. The number of nitrogens with zero attached hydrogens (tertiary/aromatic N) is 1. The summed E-state index contributed by atoms with van der Waals surface area (Å²) in [6.07, 6.45) is 1.97. The number of thiazole rings is 1. The molecule has 0 fully saturated rings. The molecule has 16 heavy (non-hydrogen) atoms. The molecule has 0 atom stereocenters. The van der Waals surface area contributed by atoms with Gasteiger partial charge in [0.2, 0.25) is 0 Å². The first kappa shape index (κ1) is 13.6. The van der Waals surface area contributed by atoms with Crippen LogP contribution in [0.5, 0.6) is 0 Å². The van der Waals surface area contributed by atoms with Crippen molar-refractivity contribution in [1.29, 1.82) is 0 Å². The molecule has 1 heterocycles. The minimum absolute atomic E-state index is 0.155. The van der Waals surface area contributed by atoms with E-state index in [-0.39, 0.29) is 5.54 Å². The second-order valence-corrected chi connectivity index (χ2v) is 6.56. The number of aromatic nitrogens is 1. The molecule has 1 aromatic rings. The van der Waals surface area contributed by atoms with Crippen LogP contribution in [-0.4, -0.2) is 16.6 Å². The molecule has 0 spiro atoms. The fourth-order valence-electron chi connectivity index (χ4n) is 1.16. The number of hydrogen-bond acceptors (Lipinski definition) is 4. The maximum atomic E-state index is 4.41. The average molecular weight is 241 g/mol. The molecule has 0 aliphatic heterocycles. The van der Waals surface area contributed by atoms with E-state index in [0.717, 1.165) is 18.1 Å². The van der Waals surface area contributed by atoms with Crippen molar-refractivity contribution in [3.63, 3.8) is 0 Å². The van der Waals surface area contributed by atoms with Gasteiger partial charge in [0, 0.05) is 35.7 Å². The summed E-state index contributed by atoms with van der Waals surface area (Å²) in [5, 5.41) is 8.00. The highest BCUT2D eigenvalue weighted by atomic mass is 32.1. The van der Waals surface area contributed by atoms with Crippen LogP contribution in [0.2, 0.25) is 0 Å². The number of nitrogens with one attached hydrogen (secondary N) is 2. The maximum Gasteiger partial charge on any atom is 0.107 e. The molecule has 3 nitrogen and oxygen atoms in total. The highest BCUT2D eigenvalue weighted by Gasteiger charge is 2.10. The van der Waals surface area contributed by atoms with Gasteiger partial charge in [0.05, 0.1) is 0 Å². The van der Waals surface area contributed by atoms with E-state index in [1.807, 2.05) is 6.20 Å². The van der Waals surface area contributed by atoms with Gasteiger partial charge in [-0.3, -0.25) is 0 Å². The minimum Gasteiger partial charge on any atom is -0.310 e. The van der Waals surface area contributed by atoms with Crippen molar-refractivity contribution in [2.24, 2.45) is 0 Å². The normalized spacial score (nSPS) is 12.4. The first-order valence-corrected chi connectivity index (χ1v) is 6.60. The van der Waals surface area contributed by atoms with E-state index >= 15 is 0 Å². The Labute approximate surface area is 103 Å². The lowest BCUT2D eigenvalue weighted by Gasteiger charge is -2.19. The van der Waals surface area contributed by atoms with Crippen molar-refractivity contribution < 1.29 is 0 Å². The smallest absolute Gasteiger partial charge is 0.107 e. The predicted octanol–water partition coefficient (Wildman–Crippen LogP) is 2.53. The Kier molecular flexibility index (Phi) is 4.89. The van der Waals surface area contributed by atoms with Crippen molar-refractivity contribution >= 4 is 11.3 Å². The zero-order valence-corrected chi connectivity index (χ0v) is 11.7. The van der Waals surface area contributed by atoms with Gasteiger partial charge in [-0.05, 0) is 20.8 Å². The van der Waals surface area contributed by atoms with Crippen molar-refractivity contribution in [2.75, 3.05) is 0 Å². The SMILES string of the molecule is CC(C)NCc1cnc(CNC(C)(C)C)s1. The molecule has 0 aromatic carbocycles. The minimum atomic E-state index is 0.155. The molecule has 0 bridgehead atoms. The quantitative estimate of drug-likeness (QED) is 0.832. The zero-order chi connectivity index (χ0) is 12.2. The van der Waals surface area contributed by atoms with Gasteiger partial charge in [-0.2, -0.15) is 0 Å². The van der Waals surface area contributed by atoms with Gasteiger partial charge in [0.25, 0.3) is 0 Å². The summed E-state index contributed by atoms with van der Waals surface area (Å²) < 4.78 is 0. The maximum absolute atomic E-state index is 4.41. The Bertz CT molecular complexity index is 312. The van der Waals surface area contributed by atoms with Crippen LogP contribution in [0.3, 0.4) is 0 Å². The summed E-state index contributed by atoms with van der Waals surface area (Å²) in [7, 11) is 0. The fraction of sp³-hybridized carbons (Fsp3) is 0.750. The molecule has 0 unspecified atom stereocenters. The Morgan fingerprint density at radius 3 is 2.56 bits per heavy atom. The van der Waals surface area contributed by atoms with Gasteiger partial charge < -0.3 is 10.6 Å². The van der Waals surface area contributed by atoms with Crippen LogP contribution in [0.15, 0.2) is 6.20 Å². The number of rotatable bonds is 5. The molecular formula is C12H23N3S. The van der Waals surface area contributed by atoms with E-state index < -0.39 is 0 Å². The molecule has 4 heteroatoms. The second-order valence-electron chi connectivity index (χ2n) is 5.36. The van der Waals surface area contributed by atoms with Crippen LogP contribution >= 0.6 is 11.3 Å². The Morgan fingerprint density at radius 2 is 2.00 bits per heavy atom. The van der Waals surface area contributed by atoms with Crippen molar-refractivity contribution in [3.05, 3.63) is 16.1 Å². The average Bonchev–Trinajstić information content (AvgIpc) is 2.58. The number of hydrogen-bond donors (Lipinski definition) is 2. The molecule has 0 saturated heterocycles. The molecule has 0 amide bonds. The van der Waals surface area contributed by atoms with Crippen molar-refractivity contribution in [2.45, 2.75) is 59.3 Å². The lowest BCUT2D eigenvalue weighted by atomic mass is 10.1. The predicted molar refractivity (Wildman–Crippen MR) is 70.7 cm³/mol. The fourth-order valence-corrected chi connectivity index (χ4v) is 1.97. The van der Waals surface area contributed by atoms with Gasteiger partial charge >= 0.3 is 0 Å². The summed E-state index contributed by atoms with van der Waals surface area (Å²) in [6.45, 7) is 12.6. The van der Waals surface area contributed by atoms with Crippen LogP contribution in [-0.2, 0) is 13.1 Å². The summed E-state index contributed by atoms with van der Waals surface area (Å²) in [5.74, 6) is 0. The third kappa shape index (κ3) is 5.58. The lowest BCUT2D eigenvalue weighted by molar-refractivity contribution is 0.424. The topological polar surface area (TPSA) is 37.0 Å². The molecule has 2 N–H and O–H groups in total. The monoisotopic (exact) mass is 241 g/mol. The highest BCUT2D eigenvalue weighted by Crippen LogP contribution is 2.13. The van der Waals surface area contributed by atoms with Crippen LogP contribution in [0, 0.1) is 0 Å². The molecule has 0 radical (unpaired) electrons. The first-order chi connectivity index (χ1) is 7.37. The molecule has 92 valence electrons. The third-order valence-corrected chi connectivity index (χ3v) is 3.05. The molecule has 0 saturated carbocycles. The lowest BCUT2D eigenvalue weighted by Crippen LogP contribution is -2.34. The Morgan fingerprint density at radius 1 is 1.31 bits per heavy atom. The van der Waals surface area contributed by atoms with E-state index in [1.165, 1.54) is 4.88 Å². The zero-order valence-electron chi connectivity index (χ0n) is 10.9. The highest BCUT2D eigenvalue weighted by molar-refractivity contribution is 7.11. The van der Waals surface area contributed by atoms with E-state index in [2.05, 4.69) is 50.2 Å². The van der Waals surface area contributed by atoms with Crippen molar-refractivity contribution in [3.8, 4) is 0 Å². The van der Waals surface area contributed by atoms with Crippen molar-refractivity contribution in [1.82, 2.24) is 15.6 Å². The van der Waals surface area contributed by atoms with E-state index in [4.69, 9.17) is 0 Å². The van der Waals surface area contributed by atoms with E-state index in [9.17, 15) is 0 Å². The summed E-state index contributed by atoms with van der Waals surface area (Å²) in [6, 6.07) is 0.526. The summed E-state index contributed by atoms with van der Waals surface area (Å²) in [5.41, 5.74) is 0.155. The van der Waals surface area contributed by atoms with E-state index in [1.54, 1.807) is 11.3 Å². The van der Waals surface area contributed by atoms with Gasteiger partial charge in [-0.25, -0.2) is 4.98 Å².